The highest BCUT2D eigenvalue weighted by molar-refractivity contribution is 5.92. The molecular weight excluding hydrogens is 542 g/mol. The molecule has 2 aromatic rings. The molecule has 0 saturated carbocycles. The van der Waals surface area contributed by atoms with Crippen LogP contribution in [-0.2, 0) is 20.7 Å². The number of phenols is 1. The van der Waals surface area contributed by atoms with Crippen molar-refractivity contribution in [2.75, 3.05) is 6.54 Å². The van der Waals surface area contributed by atoms with E-state index in [0.29, 0.717) is 13.0 Å². The Morgan fingerprint density at radius 1 is 0.907 bits per heavy atom. The SMILES string of the molecule is CCCCCCCN(C(=O)C(Cc1ccc(O)cc1)NC(=O)OC(C)(C)C)C(C(=O)NC(C)(C)C)c1cc(C)ccc1C. The van der Waals surface area contributed by atoms with Gasteiger partial charge in [-0.25, -0.2) is 4.79 Å². The first-order valence-electron chi connectivity index (χ1n) is 15.5. The summed E-state index contributed by atoms with van der Waals surface area (Å²) in [6, 6.07) is 10.6. The summed E-state index contributed by atoms with van der Waals surface area (Å²) in [5, 5.41) is 15.7. The van der Waals surface area contributed by atoms with Crippen molar-refractivity contribution in [1.82, 2.24) is 15.5 Å². The predicted molar refractivity (Wildman–Crippen MR) is 172 cm³/mol. The van der Waals surface area contributed by atoms with Crippen molar-refractivity contribution in [2.24, 2.45) is 0 Å². The number of nitrogens with zero attached hydrogens (tertiary/aromatic N) is 1. The predicted octanol–water partition coefficient (Wildman–Crippen LogP) is 6.90. The molecule has 2 rings (SSSR count). The zero-order valence-electron chi connectivity index (χ0n) is 27.7. The Labute approximate surface area is 258 Å². The van der Waals surface area contributed by atoms with Crippen LogP contribution in [-0.4, -0.2) is 51.6 Å². The Morgan fingerprint density at radius 2 is 1.53 bits per heavy atom. The van der Waals surface area contributed by atoms with Crippen LogP contribution < -0.4 is 10.6 Å². The third-order valence-electron chi connectivity index (χ3n) is 6.94. The van der Waals surface area contributed by atoms with Crippen molar-refractivity contribution in [3.63, 3.8) is 0 Å². The zero-order valence-corrected chi connectivity index (χ0v) is 27.7. The normalized spacial score (nSPS) is 13.1. The number of carbonyl (C=O) groups is 3. The second-order valence-corrected chi connectivity index (χ2v) is 13.5. The summed E-state index contributed by atoms with van der Waals surface area (Å²) in [4.78, 5) is 43.4. The summed E-state index contributed by atoms with van der Waals surface area (Å²) < 4.78 is 5.53. The van der Waals surface area contributed by atoms with E-state index in [0.717, 1.165) is 47.9 Å². The fraction of sp³-hybridized carbons (Fsp3) is 0.571. The average molecular weight is 596 g/mol. The lowest BCUT2D eigenvalue weighted by atomic mass is 9.94. The third-order valence-corrected chi connectivity index (χ3v) is 6.94. The Hall–Kier alpha value is -3.55. The lowest BCUT2D eigenvalue weighted by Crippen LogP contribution is -2.55. The number of hydrogen-bond donors (Lipinski definition) is 3. The van der Waals surface area contributed by atoms with Gasteiger partial charge in [0.1, 0.15) is 23.4 Å². The van der Waals surface area contributed by atoms with Gasteiger partial charge in [-0.15, -0.1) is 0 Å². The molecule has 3 N–H and O–H groups in total. The van der Waals surface area contributed by atoms with E-state index in [9.17, 15) is 19.5 Å². The highest BCUT2D eigenvalue weighted by Crippen LogP contribution is 2.29. The molecule has 0 aliphatic carbocycles. The van der Waals surface area contributed by atoms with Gasteiger partial charge in [0.15, 0.2) is 0 Å². The van der Waals surface area contributed by atoms with E-state index in [1.807, 2.05) is 52.8 Å². The van der Waals surface area contributed by atoms with Crippen molar-refractivity contribution in [3.8, 4) is 5.75 Å². The number of alkyl carbamates (subject to hydrolysis) is 1. The van der Waals surface area contributed by atoms with Crippen LogP contribution in [0.25, 0.3) is 0 Å². The first kappa shape index (κ1) is 35.6. The number of carbonyl (C=O) groups excluding carboxylic acids is 3. The van der Waals surface area contributed by atoms with Gasteiger partial charge in [0.2, 0.25) is 11.8 Å². The number of ether oxygens (including phenoxy) is 1. The Kier molecular flexibility index (Phi) is 13.1. The van der Waals surface area contributed by atoms with Gasteiger partial charge in [-0.2, -0.15) is 0 Å². The molecule has 0 fully saturated rings. The molecule has 0 radical (unpaired) electrons. The maximum Gasteiger partial charge on any atom is 0.408 e. The summed E-state index contributed by atoms with van der Waals surface area (Å²) in [5.41, 5.74) is 2.10. The van der Waals surface area contributed by atoms with E-state index in [1.165, 1.54) is 0 Å². The number of unbranched alkanes of at least 4 members (excludes halogenated alkanes) is 4. The third kappa shape index (κ3) is 12.3. The van der Waals surface area contributed by atoms with Crippen LogP contribution in [0.1, 0.15) is 109 Å². The van der Waals surface area contributed by atoms with E-state index in [-0.39, 0.29) is 24.0 Å². The number of hydrogen-bond acceptors (Lipinski definition) is 5. The number of benzene rings is 2. The minimum atomic E-state index is -1.01. The molecular formula is C35H53N3O5. The van der Waals surface area contributed by atoms with Crippen LogP contribution in [0.5, 0.6) is 5.75 Å². The minimum Gasteiger partial charge on any atom is -0.508 e. The van der Waals surface area contributed by atoms with Gasteiger partial charge in [-0.3, -0.25) is 9.59 Å². The maximum atomic E-state index is 14.6. The molecule has 2 aromatic carbocycles. The Morgan fingerprint density at radius 3 is 2.12 bits per heavy atom. The van der Waals surface area contributed by atoms with E-state index >= 15 is 0 Å². The van der Waals surface area contributed by atoms with E-state index in [4.69, 9.17) is 4.74 Å². The average Bonchev–Trinajstić information content (AvgIpc) is 2.88. The summed E-state index contributed by atoms with van der Waals surface area (Å²) in [6.07, 6.45) is 4.31. The number of rotatable bonds is 13. The van der Waals surface area contributed by atoms with E-state index in [2.05, 4.69) is 17.6 Å². The lowest BCUT2D eigenvalue weighted by molar-refractivity contribution is -0.143. The molecule has 3 amide bonds. The molecule has 0 aliphatic heterocycles. The Bertz CT molecular complexity index is 1210. The lowest BCUT2D eigenvalue weighted by Gasteiger charge is -2.37. The number of aromatic hydroxyl groups is 1. The van der Waals surface area contributed by atoms with Gasteiger partial charge in [0.05, 0.1) is 0 Å². The quantitative estimate of drug-likeness (QED) is 0.218. The van der Waals surface area contributed by atoms with Crippen molar-refractivity contribution < 1.29 is 24.2 Å². The van der Waals surface area contributed by atoms with E-state index in [1.54, 1.807) is 49.9 Å². The molecule has 43 heavy (non-hydrogen) atoms. The number of amides is 3. The molecule has 0 bridgehead atoms. The monoisotopic (exact) mass is 595 g/mol. The smallest absolute Gasteiger partial charge is 0.408 e. The maximum absolute atomic E-state index is 14.6. The highest BCUT2D eigenvalue weighted by Gasteiger charge is 2.38. The van der Waals surface area contributed by atoms with Crippen LogP contribution in [0.15, 0.2) is 42.5 Å². The van der Waals surface area contributed by atoms with Gasteiger partial charge in [0.25, 0.3) is 0 Å². The fourth-order valence-electron chi connectivity index (χ4n) is 4.91. The minimum absolute atomic E-state index is 0.106. The molecule has 0 saturated heterocycles. The molecule has 0 spiro atoms. The molecule has 0 heterocycles. The topological polar surface area (TPSA) is 108 Å². The number of aryl methyl sites for hydroxylation is 2. The van der Waals surface area contributed by atoms with Crippen molar-refractivity contribution in [3.05, 3.63) is 64.7 Å². The second-order valence-electron chi connectivity index (χ2n) is 13.5. The first-order chi connectivity index (χ1) is 20.0. The molecule has 8 heteroatoms. The molecule has 8 nitrogen and oxygen atoms in total. The standard InChI is InChI=1S/C35H53N3O5/c1-10-11-12-13-14-21-38(30(31(40)37-34(4,5)6)28-22-24(2)15-16-25(28)3)32(41)29(36-33(42)43-35(7,8)9)23-26-17-19-27(39)20-18-26/h15-20,22,29-30,39H,10-14,21,23H2,1-9H3,(H,36,42)(H,37,40). The molecule has 2 atom stereocenters. The van der Waals surface area contributed by atoms with Gasteiger partial charge in [-0.05, 0) is 90.6 Å². The van der Waals surface area contributed by atoms with Gasteiger partial charge in [-0.1, -0.05) is 68.5 Å². The number of nitrogens with one attached hydrogen (secondary N) is 2. The zero-order chi connectivity index (χ0) is 32.4. The molecule has 0 aliphatic rings. The Balaban J connectivity index is 2.63. The summed E-state index contributed by atoms with van der Waals surface area (Å²) >= 11 is 0. The van der Waals surface area contributed by atoms with Crippen LogP contribution in [0.2, 0.25) is 0 Å². The van der Waals surface area contributed by atoms with Crippen molar-refractivity contribution in [1.29, 1.82) is 0 Å². The van der Waals surface area contributed by atoms with Crippen LogP contribution in [0.3, 0.4) is 0 Å². The largest absolute Gasteiger partial charge is 0.508 e. The van der Waals surface area contributed by atoms with Crippen LogP contribution in [0, 0.1) is 13.8 Å². The van der Waals surface area contributed by atoms with E-state index < -0.39 is 29.3 Å². The first-order valence-corrected chi connectivity index (χ1v) is 15.5. The van der Waals surface area contributed by atoms with Crippen molar-refractivity contribution in [2.45, 2.75) is 124 Å². The molecule has 0 aromatic heterocycles. The summed E-state index contributed by atoms with van der Waals surface area (Å²) in [5.74, 6) is -0.539. The molecule has 238 valence electrons. The van der Waals surface area contributed by atoms with Gasteiger partial charge < -0.3 is 25.4 Å². The summed E-state index contributed by atoms with van der Waals surface area (Å²) in [6.45, 7) is 17.5. The fourth-order valence-corrected chi connectivity index (χ4v) is 4.91. The highest BCUT2D eigenvalue weighted by atomic mass is 16.6. The number of phenolic OH excluding ortho intramolecular Hbond substituents is 1. The van der Waals surface area contributed by atoms with Gasteiger partial charge in [0, 0.05) is 18.5 Å². The summed E-state index contributed by atoms with van der Waals surface area (Å²) in [7, 11) is 0. The van der Waals surface area contributed by atoms with Gasteiger partial charge >= 0.3 is 6.09 Å². The van der Waals surface area contributed by atoms with Crippen LogP contribution >= 0.6 is 0 Å². The van der Waals surface area contributed by atoms with Crippen LogP contribution in [0.4, 0.5) is 4.79 Å². The second kappa shape index (κ2) is 15.8. The molecule has 2 unspecified atom stereocenters. The van der Waals surface area contributed by atoms with Crippen molar-refractivity contribution >= 4 is 17.9 Å².